The number of rotatable bonds is 12. The molecule has 0 aromatic heterocycles. The quantitative estimate of drug-likeness (QED) is 0.471. The smallest absolute Gasteiger partial charge is 0.315 e. The van der Waals surface area contributed by atoms with Gasteiger partial charge in [0, 0.05) is 26.3 Å². The second-order valence-electron chi connectivity index (χ2n) is 5.16. The maximum Gasteiger partial charge on any atom is 0.315 e. The van der Waals surface area contributed by atoms with E-state index in [4.69, 9.17) is 14.6 Å². The number of amides is 2. The zero-order chi connectivity index (χ0) is 16.1. The Morgan fingerprint density at radius 1 is 1.14 bits per heavy atom. The van der Waals surface area contributed by atoms with E-state index in [1.807, 2.05) is 13.8 Å². The van der Waals surface area contributed by atoms with Crippen molar-refractivity contribution in [3.63, 3.8) is 0 Å². The maximum atomic E-state index is 11.7. The highest BCUT2D eigenvalue weighted by Crippen LogP contribution is 2.05. The molecule has 0 rings (SSSR count). The molecule has 3 N–H and O–H groups in total. The number of carbonyl (C=O) groups is 2. The second kappa shape index (κ2) is 12.4. The zero-order valence-electron chi connectivity index (χ0n) is 13.2. The van der Waals surface area contributed by atoms with Gasteiger partial charge in [0.15, 0.2) is 0 Å². The van der Waals surface area contributed by atoms with Crippen LogP contribution in [0.2, 0.25) is 0 Å². The monoisotopic (exact) mass is 304 g/mol. The predicted molar refractivity (Wildman–Crippen MR) is 79.3 cm³/mol. The van der Waals surface area contributed by atoms with Gasteiger partial charge in [-0.3, -0.25) is 4.79 Å². The van der Waals surface area contributed by atoms with Gasteiger partial charge in [-0.15, -0.1) is 0 Å². The molecule has 0 radical (unpaired) electrons. The summed E-state index contributed by atoms with van der Waals surface area (Å²) in [7, 11) is 1.63. The fourth-order valence-corrected chi connectivity index (χ4v) is 1.64. The summed E-state index contributed by atoms with van der Waals surface area (Å²) in [6.07, 6.45) is 1.59. The first-order chi connectivity index (χ1) is 9.97. The minimum atomic E-state index is -0.915. The van der Waals surface area contributed by atoms with Crippen LogP contribution in [0.3, 0.4) is 0 Å². The lowest BCUT2D eigenvalue weighted by Gasteiger charge is -2.20. The third kappa shape index (κ3) is 12.1. The zero-order valence-corrected chi connectivity index (χ0v) is 13.2. The minimum absolute atomic E-state index is 0.0704. The summed E-state index contributed by atoms with van der Waals surface area (Å²) in [6, 6.07) is -0.685. The fraction of sp³-hybridized carbons (Fsp3) is 0.857. The molecule has 2 amide bonds. The second-order valence-corrected chi connectivity index (χ2v) is 5.16. The van der Waals surface area contributed by atoms with Crippen LogP contribution in [0.25, 0.3) is 0 Å². The molecule has 1 unspecified atom stereocenters. The van der Waals surface area contributed by atoms with Gasteiger partial charge in [-0.1, -0.05) is 13.8 Å². The van der Waals surface area contributed by atoms with Crippen LogP contribution in [0.1, 0.15) is 33.1 Å². The largest absolute Gasteiger partial charge is 0.481 e. The van der Waals surface area contributed by atoms with Crippen LogP contribution in [-0.2, 0) is 14.3 Å². The number of hydrogen-bond acceptors (Lipinski definition) is 4. The molecule has 0 aliphatic carbocycles. The van der Waals surface area contributed by atoms with Gasteiger partial charge < -0.3 is 25.2 Å². The van der Waals surface area contributed by atoms with Gasteiger partial charge in [-0.25, -0.2) is 4.79 Å². The number of nitrogens with one attached hydrogen (secondary N) is 2. The number of unbranched alkanes of at least 4 members (excludes halogenated alkanes) is 1. The summed E-state index contributed by atoms with van der Waals surface area (Å²) in [5.41, 5.74) is 0. The van der Waals surface area contributed by atoms with Gasteiger partial charge in [0.1, 0.15) is 0 Å². The van der Waals surface area contributed by atoms with Crippen molar-refractivity contribution in [1.82, 2.24) is 10.6 Å². The van der Waals surface area contributed by atoms with Crippen molar-refractivity contribution in [2.45, 2.75) is 39.2 Å². The molecule has 7 heteroatoms. The van der Waals surface area contributed by atoms with Gasteiger partial charge in [0.2, 0.25) is 0 Å². The van der Waals surface area contributed by atoms with Crippen LogP contribution in [0.15, 0.2) is 0 Å². The molecule has 0 spiro atoms. The standard InChI is InChI=1S/C14H28N2O5/c1-11(2)12(10-13(17)18)16-14(19)15-6-4-5-7-21-9-8-20-3/h11-12H,4-10H2,1-3H3,(H,17,18)(H2,15,16,19). The van der Waals surface area contributed by atoms with Crippen molar-refractivity contribution in [3.05, 3.63) is 0 Å². The van der Waals surface area contributed by atoms with E-state index in [0.29, 0.717) is 26.4 Å². The third-order valence-corrected chi connectivity index (χ3v) is 2.95. The Labute approximate surface area is 126 Å². The van der Waals surface area contributed by atoms with E-state index in [-0.39, 0.29) is 24.4 Å². The highest BCUT2D eigenvalue weighted by atomic mass is 16.5. The number of aliphatic carboxylic acids is 1. The summed E-state index contributed by atoms with van der Waals surface area (Å²) in [4.78, 5) is 22.4. The van der Waals surface area contributed by atoms with Gasteiger partial charge in [0.25, 0.3) is 0 Å². The Bertz CT molecular complexity index is 297. The molecule has 124 valence electrons. The number of carboxylic acid groups (broad SMARTS) is 1. The van der Waals surface area contributed by atoms with E-state index in [9.17, 15) is 9.59 Å². The molecule has 1 atom stereocenters. The van der Waals surface area contributed by atoms with E-state index in [2.05, 4.69) is 10.6 Å². The van der Waals surface area contributed by atoms with Crippen molar-refractivity contribution in [3.8, 4) is 0 Å². The Balaban J connectivity index is 3.66. The molecule has 7 nitrogen and oxygen atoms in total. The van der Waals surface area contributed by atoms with Crippen LogP contribution in [0.5, 0.6) is 0 Å². The molecule has 0 bridgehead atoms. The molecular weight excluding hydrogens is 276 g/mol. The van der Waals surface area contributed by atoms with Crippen molar-refractivity contribution in [1.29, 1.82) is 0 Å². The van der Waals surface area contributed by atoms with Crippen LogP contribution in [0.4, 0.5) is 4.79 Å². The van der Waals surface area contributed by atoms with Crippen molar-refractivity contribution in [2.75, 3.05) is 33.5 Å². The summed E-state index contributed by atoms with van der Waals surface area (Å²) < 4.78 is 10.2. The predicted octanol–water partition coefficient (Wildman–Crippen LogP) is 1.23. The summed E-state index contributed by atoms with van der Waals surface area (Å²) in [5.74, 6) is -0.844. The topological polar surface area (TPSA) is 96.9 Å². The number of methoxy groups -OCH3 is 1. The summed E-state index contributed by atoms with van der Waals surface area (Å²) >= 11 is 0. The molecule has 0 aliphatic heterocycles. The molecule has 0 saturated heterocycles. The third-order valence-electron chi connectivity index (χ3n) is 2.95. The number of carbonyl (C=O) groups excluding carboxylic acids is 1. The first kappa shape index (κ1) is 19.7. The van der Waals surface area contributed by atoms with Gasteiger partial charge in [-0.2, -0.15) is 0 Å². The van der Waals surface area contributed by atoms with Crippen LogP contribution in [-0.4, -0.2) is 56.6 Å². The average Bonchev–Trinajstić information content (AvgIpc) is 2.40. The van der Waals surface area contributed by atoms with E-state index in [1.54, 1.807) is 7.11 Å². The SMILES string of the molecule is COCCOCCCCNC(=O)NC(CC(=O)O)C(C)C. The average molecular weight is 304 g/mol. The minimum Gasteiger partial charge on any atom is -0.481 e. The van der Waals surface area contributed by atoms with E-state index in [0.717, 1.165) is 12.8 Å². The first-order valence-electron chi connectivity index (χ1n) is 7.30. The van der Waals surface area contributed by atoms with E-state index in [1.165, 1.54) is 0 Å². The van der Waals surface area contributed by atoms with Gasteiger partial charge >= 0.3 is 12.0 Å². The fourth-order valence-electron chi connectivity index (χ4n) is 1.64. The van der Waals surface area contributed by atoms with Gasteiger partial charge in [0.05, 0.1) is 19.6 Å². The normalized spacial score (nSPS) is 12.2. The van der Waals surface area contributed by atoms with Crippen molar-refractivity contribution >= 4 is 12.0 Å². The number of ether oxygens (including phenoxy) is 2. The Kier molecular flexibility index (Phi) is 11.6. The summed E-state index contributed by atoms with van der Waals surface area (Å²) in [6.45, 7) is 6.10. The van der Waals surface area contributed by atoms with Crippen molar-refractivity contribution < 1.29 is 24.2 Å². The number of urea groups is 1. The Morgan fingerprint density at radius 2 is 1.86 bits per heavy atom. The molecule has 21 heavy (non-hydrogen) atoms. The van der Waals surface area contributed by atoms with Crippen LogP contribution < -0.4 is 10.6 Å². The Morgan fingerprint density at radius 3 is 2.43 bits per heavy atom. The molecule has 0 fully saturated rings. The van der Waals surface area contributed by atoms with E-state index >= 15 is 0 Å². The highest BCUT2D eigenvalue weighted by Gasteiger charge is 2.18. The van der Waals surface area contributed by atoms with Crippen LogP contribution in [0, 0.1) is 5.92 Å². The van der Waals surface area contributed by atoms with E-state index < -0.39 is 5.97 Å². The lowest BCUT2D eigenvalue weighted by molar-refractivity contribution is -0.137. The number of hydrogen-bond donors (Lipinski definition) is 3. The van der Waals surface area contributed by atoms with Crippen molar-refractivity contribution in [2.24, 2.45) is 5.92 Å². The lowest BCUT2D eigenvalue weighted by atomic mass is 10.0. The molecule has 0 aromatic rings. The van der Waals surface area contributed by atoms with Gasteiger partial charge in [-0.05, 0) is 18.8 Å². The Hall–Kier alpha value is -1.34. The summed E-state index contributed by atoms with van der Waals surface area (Å²) in [5, 5.41) is 14.2. The number of carboxylic acids is 1. The molecule has 0 aromatic carbocycles. The van der Waals surface area contributed by atoms with Crippen LogP contribution >= 0.6 is 0 Å². The first-order valence-corrected chi connectivity index (χ1v) is 7.30. The molecular formula is C14H28N2O5. The highest BCUT2D eigenvalue weighted by molar-refractivity contribution is 5.75. The molecule has 0 aliphatic rings. The maximum absolute atomic E-state index is 11.7. The lowest BCUT2D eigenvalue weighted by Crippen LogP contribution is -2.45. The molecule has 0 heterocycles. The molecule has 0 saturated carbocycles.